The second kappa shape index (κ2) is 4.66. The first-order valence-corrected chi connectivity index (χ1v) is 5.25. The van der Waals surface area contributed by atoms with Crippen LogP contribution in [0.2, 0.25) is 5.02 Å². The van der Waals surface area contributed by atoms with E-state index in [0.29, 0.717) is 16.9 Å². The van der Waals surface area contributed by atoms with Gasteiger partial charge in [-0.05, 0) is 20.3 Å². The molecule has 0 fully saturated rings. The Balaban J connectivity index is 2.93. The standard InChI is InChI=1S/C10H16ClN3O/c1-5-10(2,3)15-8-7(11)6-13-9(12-4)14-8/h6H,5H2,1-4H3,(H,12,13,14). The second-order valence-electron chi connectivity index (χ2n) is 3.81. The quantitative estimate of drug-likeness (QED) is 0.863. The Bertz CT molecular complexity index is 341. The number of nitrogens with one attached hydrogen (secondary N) is 1. The third-order valence-corrected chi connectivity index (χ3v) is 2.42. The summed E-state index contributed by atoms with van der Waals surface area (Å²) in [5.41, 5.74) is -0.275. The van der Waals surface area contributed by atoms with Gasteiger partial charge in [-0.15, -0.1) is 0 Å². The lowest BCUT2D eigenvalue weighted by Gasteiger charge is -2.24. The molecule has 1 aromatic rings. The fourth-order valence-corrected chi connectivity index (χ4v) is 1.01. The van der Waals surface area contributed by atoms with Gasteiger partial charge in [0.1, 0.15) is 10.6 Å². The maximum absolute atomic E-state index is 5.94. The molecule has 0 atom stereocenters. The first kappa shape index (κ1) is 12.0. The molecular weight excluding hydrogens is 214 g/mol. The van der Waals surface area contributed by atoms with E-state index < -0.39 is 0 Å². The summed E-state index contributed by atoms with van der Waals surface area (Å²) >= 11 is 5.94. The number of nitrogens with zero attached hydrogens (tertiary/aromatic N) is 2. The monoisotopic (exact) mass is 229 g/mol. The number of halogens is 1. The van der Waals surface area contributed by atoms with E-state index in [1.165, 1.54) is 6.20 Å². The summed E-state index contributed by atoms with van der Waals surface area (Å²) in [6.07, 6.45) is 2.41. The summed E-state index contributed by atoms with van der Waals surface area (Å²) in [4.78, 5) is 8.13. The summed E-state index contributed by atoms with van der Waals surface area (Å²) in [7, 11) is 1.75. The first-order valence-electron chi connectivity index (χ1n) is 4.88. The van der Waals surface area contributed by atoms with Crippen LogP contribution in [0.25, 0.3) is 0 Å². The fourth-order valence-electron chi connectivity index (χ4n) is 0.877. The molecule has 0 aromatic carbocycles. The molecule has 15 heavy (non-hydrogen) atoms. The van der Waals surface area contributed by atoms with Crippen LogP contribution in [0.3, 0.4) is 0 Å². The number of ether oxygens (including phenoxy) is 1. The molecule has 1 heterocycles. The third kappa shape index (κ3) is 3.23. The number of hydrogen-bond donors (Lipinski definition) is 1. The van der Waals surface area contributed by atoms with Gasteiger partial charge in [0, 0.05) is 7.05 Å². The largest absolute Gasteiger partial charge is 0.470 e. The highest BCUT2D eigenvalue weighted by Gasteiger charge is 2.19. The Morgan fingerprint density at radius 2 is 2.20 bits per heavy atom. The van der Waals surface area contributed by atoms with Crippen LogP contribution in [0.4, 0.5) is 5.95 Å². The van der Waals surface area contributed by atoms with Crippen LogP contribution in [0.5, 0.6) is 5.88 Å². The predicted molar refractivity (Wildman–Crippen MR) is 61.6 cm³/mol. The van der Waals surface area contributed by atoms with Crippen LogP contribution in [-0.4, -0.2) is 22.6 Å². The molecule has 1 aromatic heterocycles. The van der Waals surface area contributed by atoms with Gasteiger partial charge in [-0.2, -0.15) is 4.98 Å². The highest BCUT2D eigenvalue weighted by molar-refractivity contribution is 6.31. The van der Waals surface area contributed by atoms with Crippen molar-refractivity contribution in [3.8, 4) is 5.88 Å². The SMILES string of the molecule is CCC(C)(C)Oc1nc(NC)ncc1Cl. The number of anilines is 1. The zero-order valence-corrected chi connectivity index (χ0v) is 10.2. The Labute approximate surface area is 95.0 Å². The van der Waals surface area contributed by atoms with E-state index in [1.54, 1.807) is 7.05 Å². The van der Waals surface area contributed by atoms with Crippen LogP contribution in [0.1, 0.15) is 27.2 Å². The van der Waals surface area contributed by atoms with E-state index in [-0.39, 0.29) is 5.60 Å². The minimum atomic E-state index is -0.275. The van der Waals surface area contributed by atoms with Crippen molar-refractivity contribution in [3.05, 3.63) is 11.2 Å². The van der Waals surface area contributed by atoms with Crippen molar-refractivity contribution in [3.63, 3.8) is 0 Å². The summed E-state index contributed by atoms with van der Waals surface area (Å²) in [5, 5.41) is 3.26. The van der Waals surface area contributed by atoms with Crippen LogP contribution in [-0.2, 0) is 0 Å². The average Bonchev–Trinajstić information content (AvgIpc) is 2.21. The van der Waals surface area contributed by atoms with Crippen LogP contribution >= 0.6 is 11.6 Å². The lowest BCUT2D eigenvalue weighted by molar-refractivity contribution is 0.0992. The fraction of sp³-hybridized carbons (Fsp3) is 0.600. The molecule has 4 nitrogen and oxygen atoms in total. The summed E-state index contributed by atoms with van der Waals surface area (Å²) in [5.74, 6) is 0.921. The zero-order valence-electron chi connectivity index (χ0n) is 9.47. The average molecular weight is 230 g/mol. The molecule has 0 radical (unpaired) electrons. The smallest absolute Gasteiger partial charge is 0.238 e. The maximum atomic E-state index is 5.94. The van der Waals surface area contributed by atoms with Gasteiger partial charge in [-0.25, -0.2) is 4.98 Å². The molecule has 0 spiro atoms. The Kier molecular flexibility index (Phi) is 3.74. The van der Waals surface area contributed by atoms with Gasteiger partial charge in [0.15, 0.2) is 0 Å². The van der Waals surface area contributed by atoms with Crippen molar-refractivity contribution < 1.29 is 4.74 Å². The van der Waals surface area contributed by atoms with E-state index >= 15 is 0 Å². The van der Waals surface area contributed by atoms with Crippen molar-refractivity contribution in [1.29, 1.82) is 0 Å². The molecule has 0 saturated carbocycles. The Morgan fingerprint density at radius 1 is 1.53 bits per heavy atom. The minimum Gasteiger partial charge on any atom is -0.470 e. The lowest BCUT2D eigenvalue weighted by Crippen LogP contribution is -2.27. The lowest BCUT2D eigenvalue weighted by atomic mass is 10.1. The zero-order chi connectivity index (χ0) is 11.5. The van der Waals surface area contributed by atoms with Gasteiger partial charge in [0.2, 0.25) is 11.8 Å². The van der Waals surface area contributed by atoms with Crippen LogP contribution < -0.4 is 10.1 Å². The highest BCUT2D eigenvalue weighted by atomic mass is 35.5. The molecule has 1 rings (SSSR count). The Morgan fingerprint density at radius 3 is 2.73 bits per heavy atom. The van der Waals surface area contributed by atoms with E-state index in [9.17, 15) is 0 Å². The molecule has 0 aliphatic carbocycles. The number of aromatic nitrogens is 2. The molecule has 0 amide bonds. The number of hydrogen-bond acceptors (Lipinski definition) is 4. The van der Waals surface area contributed by atoms with Gasteiger partial charge >= 0.3 is 0 Å². The highest BCUT2D eigenvalue weighted by Crippen LogP contribution is 2.26. The topological polar surface area (TPSA) is 47.0 Å². The first-order chi connectivity index (χ1) is 6.98. The molecule has 84 valence electrons. The predicted octanol–water partition coefficient (Wildman–Crippen LogP) is 2.74. The maximum Gasteiger partial charge on any atom is 0.238 e. The van der Waals surface area contributed by atoms with Gasteiger partial charge < -0.3 is 10.1 Å². The van der Waals surface area contributed by atoms with Gasteiger partial charge in [0.05, 0.1) is 6.20 Å². The van der Waals surface area contributed by atoms with Crippen LogP contribution in [0, 0.1) is 0 Å². The van der Waals surface area contributed by atoms with Crippen molar-refractivity contribution in [2.45, 2.75) is 32.8 Å². The molecule has 0 aliphatic rings. The Hall–Kier alpha value is -1.03. The van der Waals surface area contributed by atoms with E-state index in [4.69, 9.17) is 16.3 Å². The van der Waals surface area contributed by atoms with Crippen molar-refractivity contribution in [2.24, 2.45) is 0 Å². The van der Waals surface area contributed by atoms with Crippen molar-refractivity contribution in [2.75, 3.05) is 12.4 Å². The second-order valence-corrected chi connectivity index (χ2v) is 4.22. The van der Waals surface area contributed by atoms with Gasteiger partial charge in [-0.3, -0.25) is 0 Å². The summed E-state index contributed by atoms with van der Waals surface area (Å²) < 4.78 is 5.70. The molecule has 0 unspecified atom stereocenters. The third-order valence-electron chi connectivity index (χ3n) is 2.16. The molecule has 0 bridgehead atoms. The van der Waals surface area contributed by atoms with Gasteiger partial charge in [-0.1, -0.05) is 18.5 Å². The normalized spacial score (nSPS) is 11.3. The van der Waals surface area contributed by atoms with Crippen LogP contribution in [0.15, 0.2) is 6.20 Å². The van der Waals surface area contributed by atoms with E-state index in [1.807, 2.05) is 20.8 Å². The number of rotatable bonds is 4. The van der Waals surface area contributed by atoms with E-state index in [0.717, 1.165) is 6.42 Å². The summed E-state index contributed by atoms with van der Waals surface area (Å²) in [6, 6.07) is 0. The van der Waals surface area contributed by atoms with Crippen molar-refractivity contribution in [1.82, 2.24) is 9.97 Å². The molecular formula is C10H16ClN3O. The summed E-state index contributed by atoms with van der Waals surface area (Å²) in [6.45, 7) is 6.03. The molecule has 5 heteroatoms. The van der Waals surface area contributed by atoms with Crippen molar-refractivity contribution >= 4 is 17.5 Å². The van der Waals surface area contributed by atoms with E-state index in [2.05, 4.69) is 15.3 Å². The van der Waals surface area contributed by atoms with Gasteiger partial charge in [0.25, 0.3) is 0 Å². The molecule has 0 saturated heterocycles. The molecule has 0 aliphatic heterocycles. The minimum absolute atomic E-state index is 0.275. The molecule has 1 N–H and O–H groups in total.